The summed E-state index contributed by atoms with van der Waals surface area (Å²) in [6.45, 7) is 13.9. The Morgan fingerprint density at radius 3 is 0.800 bits per heavy atom. The van der Waals surface area contributed by atoms with Gasteiger partial charge in [-0.25, -0.2) is 16.8 Å². The van der Waals surface area contributed by atoms with Crippen molar-refractivity contribution in [2.45, 2.75) is 79.6 Å². The van der Waals surface area contributed by atoms with Crippen LogP contribution in [0, 0.1) is 0 Å². The largest absolute Gasteiger partial charge is 2.00 e. The number of hydroxylamine groups is 4. The van der Waals surface area contributed by atoms with E-state index in [0.29, 0.717) is 0 Å². The van der Waals surface area contributed by atoms with Crippen molar-refractivity contribution in [1.29, 1.82) is 0 Å². The number of rotatable bonds is 8. The third-order valence-corrected chi connectivity index (χ3v) is 3.10. The van der Waals surface area contributed by atoms with Crippen LogP contribution in [0.15, 0.2) is 0 Å². The van der Waals surface area contributed by atoms with Gasteiger partial charge < -0.3 is 9.11 Å². The number of hydrogen-bond donors (Lipinski definition) is 0. The molecule has 156 valence electrons. The molecule has 0 radical (unpaired) electrons. The maximum Gasteiger partial charge on any atom is 2.00 e. The molecule has 0 amide bonds. The summed E-state index contributed by atoms with van der Waals surface area (Å²) < 4.78 is 69.8. The summed E-state index contributed by atoms with van der Waals surface area (Å²) in [7, 11) is -9.27. The molecule has 0 aromatic rings. The predicted molar refractivity (Wildman–Crippen MR) is 85.8 cm³/mol. The Bertz CT molecular complexity index is 483. The van der Waals surface area contributed by atoms with Gasteiger partial charge in [-0.2, -0.15) is 18.7 Å². The van der Waals surface area contributed by atoms with Gasteiger partial charge in [0, 0.05) is 24.2 Å². The zero-order valence-corrected chi connectivity index (χ0v) is 19.5. The van der Waals surface area contributed by atoms with Crippen LogP contribution in [0.4, 0.5) is 0 Å². The first kappa shape index (κ1) is 30.1. The summed E-state index contributed by atoms with van der Waals surface area (Å²) in [5.74, 6) is 0. The van der Waals surface area contributed by atoms with E-state index in [1.54, 1.807) is 55.4 Å². The van der Waals surface area contributed by atoms with Gasteiger partial charge in [0.05, 0.1) is 0 Å². The van der Waals surface area contributed by atoms with Crippen molar-refractivity contribution in [3.8, 4) is 0 Å². The monoisotopic (exact) mass is 587 g/mol. The fourth-order valence-corrected chi connectivity index (χ4v) is 2.86. The molecule has 0 heterocycles. The first-order valence-corrected chi connectivity index (χ1v) is 10.0. The Morgan fingerprint density at radius 1 is 0.600 bits per heavy atom. The minimum atomic E-state index is -4.64. The molecule has 0 fully saturated rings. The van der Waals surface area contributed by atoms with E-state index in [1.807, 2.05) is 0 Å². The minimum Gasteiger partial charge on any atom is -0.724 e. The van der Waals surface area contributed by atoms with Crippen LogP contribution in [0.2, 0.25) is 0 Å². The molecular formula is C12H28N2O8PtS2. The Morgan fingerprint density at radius 2 is 0.760 bits per heavy atom. The van der Waals surface area contributed by atoms with Gasteiger partial charge in [0.2, 0.25) is 20.8 Å². The van der Waals surface area contributed by atoms with Gasteiger partial charge in [0.15, 0.2) is 0 Å². The molecule has 0 unspecified atom stereocenters. The van der Waals surface area contributed by atoms with Crippen LogP contribution in [0.3, 0.4) is 0 Å². The fourth-order valence-electron chi connectivity index (χ4n) is 1.75. The summed E-state index contributed by atoms with van der Waals surface area (Å²) in [6, 6.07) is -0.579. The first-order valence-electron chi connectivity index (χ1n) is 7.35. The first-order chi connectivity index (χ1) is 10.5. The van der Waals surface area contributed by atoms with Crippen LogP contribution < -0.4 is 0 Å². The predicted octanol–water partition coefficient (Wildman–Crippen LogP) is 0.992. The van der Waals surface area contributed by atoms with Crippen molar-refractivity contribution in [1.82, 2.24) is 10.1 Å². The van der Waals surface area contributed by atoms with Crippen LogP contribution in [0.1, 0.15) is 55.4 Å². The average Bonchev–Trinajstić information content (AvgIpc) is 2.30. The van der Waals surface area contributed by atoms with Gasteiger partial charge >= 0.3 is 21.1 Å². The number of hydrogen-bond acceptors (Lipinski definition) is 10. The second kappa shape index (κ2) is 12.7. The number of nitrogens with zero attached hydrogens (tertiary/aromatic N) is 2. The van der Waals surface area contributed by atoms with Crippen molar-refractivity contribution in [2.75, 3.05) is 0 Å². The molecular weight excluding hydrogens is 559 g/mol. The van der Waals surface area contributed by atoms with Crippen molar-refractivity contribution in [3.63, 3.8) is 0 Å². The van der Waals surface area contributed by atoms with Crippen molar-refractivity contribution >= 4 is 20.8 Å². The Labute approximate surface area is 165 Å². The van der Waals surface area contributed by atoms with E-state index in [-0.39, 0.29) is 45.2 Å². The van der Waals surface area contributed by atoms with Gasteiger partial charge in [-0.3, -0.25) is 0 Å². The van der Waals surface area contributed by atoms with E-state index in [4.69, 9.17) is 0 Å². The van der Waals surface area contributed by atoms with E-state index >= 15 is 0 Å². The van der Waals surface area contributed by atoms with Gasteiger partial charge in [0.25, 0.3) is 0 Å². The van der Waals surface area contributed by atoms with Crippen LogP contribution in [0.5, 0.6) is 0 Å². The van der Waals surface area contributed by atoms with E-state index in [9.17, 15) is 25.9 Å². The molecule has 0 bridgehead atoms. The molecule has 0 rings (SSSR count). The van der Waals surface area contributed by atoms with Gasteiger partial charge in [-0.1, -0.05) is 0 Å². The minimum absolute atomic E-state index is 0. The average molecular weight is 588 g/mol. The second-order valence-corrected chi connectivity index (χ2v) is 7.99. The van der Waals surface area contributed by atoms with E-state index < -0.39 is 20.8 Å². The molecule has 0 aliphatic rings. The maximum absolute atomic E-state index is 10.2. The van der Waals surface area contributed by atoms with E-state index in [1.165, 1.54) is 0 Å². The summed E-state index contributed by atoms with van der Waals surface area (Å²) in [4.78, 5) is 0. The molecule has 10 nitrogen and oxygen atoms in total. The van der Waals surface area contributed by atoms with Crippen LogP contribution in [-0.4, -0.2) is 60.2 Å². The SMILES string of the molecule is CC(C)N(OS(=O)(=O)[O-])C(C)C.CC(C)N(OS(=O)(=O)[O-])C(C)C.[Pt+2]. The summed E-state index contributed by atoms with van der Waals surface area (Å²) in [5, 5.41) is 2.28. The van der Waals surface area contributed by atoms with Gasteiger partial charge in [-0.15, -0.1) is 0 Å². The van der Waals surface area contributed by atoms with Crippen LogP contribution in [-0.2, 0) is 50.4 Å². The zero-order valence-electron chi connectivity index (χ0n) is 15.6. The molecule has 0 spiro atoms. The Balaban J connectivity index is -0.000000372. The van der Waals surface area contributed by atoms with Crippen molar-refractivity contribution in [2.24, 2.45) is 0 Å². The maximum atomic E-state index is 10.2. The summed E-state index contributed by atoms with van der Waals surface area (Å²) in [5.41, 5.74) is 0. The molecule has 25 heavy (non-hydrogen) atoms. The van der Waals surface area contributed by atoms with Crippen molar-refractivity contribution < 1.29 is 55.6 Å². The van der Waals surface area contributed by atoms with Gasteiger partial charge in [-0.05, 0) is 55.4 Å². The summed E-state index contributed by atoms with van der Waals surface area (Å²) >= 11 is 0. The normalized spacial score (nSPS) is 12.8. The molecule has 0 N–H and O–H groups in total. The summed E-state index contributed by atoms with van der Waals surface area (Å²) in [6.07, 6.45) is 0. The van der Waals surface area contributed by atoms with E-state index in [0.717, 1.165) is 10.1 Å². The molecule has 0 saturated carbocycles. The van der Waals surface area contributed by atoms with Crippen LogP contribution >= 0.6 is 0 Å². The third kappa shape index (κ3) is 17.5. The smallest absolute Gasteiger partial charge is 0.724 e. The van der Waals surface area contributed by atoms with Crippen LogP contribution in [0.25, 0.3) is 0 Å². The fraction of sp³-hybridized carbons (Fsp3) is 1.00. The second-order valence-electron chi connectivity index (χ2n) is 6.06. The molecule has 0 atom stereocenters. The zero-order chi connectivity index (χ0) is 19.9. The van der Waals surface area contributed by atoms with Gasteiger partial charge in [0.1, 0.15) is 0 Å². The standard InChI is InChI=1S/2C6H15NO4S.Pt/c2*1-5(2)7(6(3)4)11-12(8,9)10;/h2*5-6H,1-4H3,(H,8,9,10);/q;;+2/p-2. The quantitative estimate of drug-likeness (QED) is 0.230. The molecule has 0 aliphatic heterocycles. The topological polar surface area (TPSA) is 139 Å². The molecule has 0 aromatic carbocycles. The molecule has 0 aromatic heterocycles. The Kier molecular flexibility index (Phi) is 15.3. The van der Waals surface area contributed by atoms with Crippen molar-refractivity contribution in [3.05, 3.63) is 0 Å². The molecule has 0 aliphatic carbocycles. The third-order valence-electron chi connectivity index (χ3n) is 2.39. The molecule has 13 heteroatoms. The molecule has 0 saturated heterocycles. The van der Waals surface area contributed by atoms with E-state index in [2.05, 4.69) is 8.57 Å². The Hall–Kier alpha value is 0.348.